The standard InChI is InChI=1S/C18H19N5O/c1-12-13(2)23(11-20-12)16-8-6-14(7-9-16)22-18(24)10-15-4-3-5-17(19)21-15/h3-9,11H,10H2,1-2H3,(H2,19,21)(H,22,24). The Morgan fingerprint density at radius 3 is 2.54 bits per heavy atom. The molecule has 122 valence electrons. The predicted octanol–water partition coefficient (Wildman–Crippen LogP) is 2.65. The highest BCUT2D eigenvalue weighted by atomic mass is 16.1. The summed E-state index contributed by atoms with van der Waals surface area (Å²) in [6.07, 6.45) is 1.98. The van der Waals surface area contributed by atoms with E-state index < -0.39 is 0 Å². The van der Waals surface area contributed by atoms with Crippen molar-refractivity contribution in [1.29, 1.82) is 0 Å². The maximum atomic E-state index is 12.1. The first-order chi connectivity index (χ1) is 11.5. The number of benzene rings is 1. The number of amides is 1. The Bertz CT molecular complexity index is 867. The summed E-state index contributed by atoms with van der Waals surface area (Å²) in [4.78, 5) is 20.5. The molecule has 0 saturated carbocycles. The van der Waals surface area contributed by atoms with Crippen LogP contribution in [-0.4, -0.2) is 20.4 Å². The third kappa shape index (κ3) is 3.43. The van der Waals surface area contributed by atoms with Gasteiger partial charge in [0.1, 0.15) is 5.82 Å². The molecule has 0 radical (unpaired) electrons. The Balaban J connectivity index is 1.68. The minimum Gasteiger partial charge on any atom is -0.384 e. The number of nitrogens with one attached hydrogen (secondary N) is 1. The number of nitrogens with zero attached hydrogens (tertiary/aromatic N) is 3. The second-order valence-corrected chi connectivity index (χ2v) is 5.61. The van der Waals surface area contributed by atoms with Crippen LogP contribution in [0.1, 0.15) is 17.1 Å². The van der Waals surface area contributed by atoms with Gasteiger partial charge in [-0.05, 0) is 50.2 Å². The molecule has 0 aliphatic rings. The van der Waals surface area contributed by atoms with Crippen molar-refractivity contribution in [3.05, 3.63) is 65.9 Å². The van der Waals surface area contributed by atoms with Crippen LogP contribution < -0.4 is 11.1 Å². The van der Waals surface area contributed by atoms with Gasteiger partial charge in [0.15, 0.2) is 0 Å². The number of hydrogen-bond acceptors (Lipinski definition) is 4. The van der Waals surface area contributed by atoms with Crippen LogP contribution in [0.2, 0.25) is 0 Å². The van der Waals surface area contributed by atoms with Crippen LogP contribution in [0, 0.1) is 13.8 Å². The van der Waals surface area contributed by atoms with Crippen molar-refractivity contribution < 1.29 is 4.79 Å². The van der Waals surface area contributed by atoms with Crippen LogP contribution in [0.15, 0.2) is 48.8 Å². The number of rotatable bonds is 4. The van der Waals surface area contributed by atoms with Gasteiger partial charge in [-0.15, -0.1) is 0 Å². The van der Waals surface area contributed by atoms with Crippen LogP contribution in [0.25, 0.3) is 5.69 Å². The van der Waals surface area contributed by atoms with Crippen LogP contribution in [0.3, 0.4) is 0 Å². The predicted molar refractivity (Wildman–Crippen MR) is 94.0 cm³/mol. The molecule has 3 aromatic rings. The van der Waals surface area contributed by atoms with E-state index in [9.17, 15) is 4.79 Å². The number of nitrogen functional groups attached to an aromatic ring is 1. The van der Waals surface area contributed by atoms with E-state index in [0.717, 1.165) is 22.8 Å². The first kappa shape index (κ1) is 15.7. The molecular formula is C18H19N5O. The smallest absolute Gasteiger partial charge is 0.230 e. The second kappa shape index (κ2) is 6.54. The lowest BCUT2D eigenvalue weighted by atomic mass is 10.2. The Morgan fingerprint density at radius 1 is 1.17 bits per heavy atom. The Kier molecular flexibility index (Phi) is 4.29. The number of nitrogens with two attached hydrogens (primary N) is 1. The molecule has 3 N–H and O–H groups in total. The maximum absolute atomic E-state index is 12.1. The lowest BCUT2D eigenvalue weighted by Gasteiger charge is -2.08. The van der Waals surface area contributed by atoms with Crippen LogP contribution in [0.4, 0.5) is 11.5 Å². The van der Waals surface area contributed by atoms with Crippen molar-refractivity contribution in [2.45, 2.75) is 20.3 Å². The first-order valence-electron chi connectivity index (χ1n) is 7.65. The SMILES string of the molecule is Cc1ncn(-c2ccc(NC(=O)Cc3cccc(N)n3)cc2)c1C. The fourth-order valence-corrected chi connectivity index (χ4v) is 2.43. The number of pyridine rings is 1. The van der Waals surface area contributed by atoms with Crippen molar-refractivity contribution >= 4 is 17.4 Å². The lowest BCUT2D eigenvalue weighted by molar-refractivity contribution is -0.115. The quantitative estimate of drug-likeness (QED) is 0.773. The highest BCUT2D eigenvalue weighted by Gasteiger charge is 2.07. The zero-order valence-corrected chi connectivity index (χ0v) is 13.7. The molecule has 0 unspecified atom stereocenters. The number of carbonyl (C=O) groups is 1. The van der Waals surface area contributed by atoms with Crippen LogP contribution in [0.5, 0.6) is 0 Å². The minimum absolute atomic E-state index is 0.129. The molecule has 1 aromatic carbocycles. The van der Waals surface area contributed by atoms with Gasteiger partial charge in [0, 0.05) is 17.1 Å². The average Bonchev–Trinajstić information content (AvgIpc) is 2.88. The van der Waals surface area contributed by atoms with E-state index in [1.165, 1.54) is 0 Å². The maximum Gasteiger partial charge on any atom is 0.230 e. The molecule has 0 aliphatic heterocycles. The second-order valence-electron chi connectivity index (χ2n) is 5.61. The molecule has 3 rings (SSSR count). The fraction of sp³-hybridized carbons (Fsp3) is 0.167. The number of imidazole rings is 1. The minimum atomic E-state index is -0.129. The van der Waals surface area contributed by atoms with E-state index in [-0.39, 0.29) is 12.3 Å². The van der Waals surface area contributed by atoms with Gasteiger partial charge in [0.05, 0.1) is 24.1 Å². The molecule has 0 fully saturated rings. The molecule has 0 spiro atoms. The van der Waals surface area contributed by atoms with Crippen molar-refractivity contribution in [2.24, 2.45) is 0 Å². The largest absolute Gasteiger partial charge is 0.384 e. The summed E-state index contributed by atoms with van der Waals surface area (Å²) in [7, 11) is 0. The summed E-state index contributed by atoms with van der Waals surface area (Å²) in [5.74, 6) is 0.283. The van der Waals surface area contributed by atoms with Gasteiger partial charge < -0.3 is 15.6 Å². The van der Waals surface area contributed by atoms with Crippen molar-refractivity contribution in [3.8, 4) is 5.69 Å². The molecule has 6 heteroatoms. The summed E-state index contributed by atoms with van der Waals surface area (Å²) < 4.78 is 2.01. The summed E-state index contributed by atoms with van der Waals surface area (Å²) >= 11 is 0. The topological polar surface area (TPSA) is 85.8 Å². The summed E-state index contributed by atoms with van der Waals surface area (Å²) in [6, 6.07) is 12.9. The van der Waals surface area contributed by atoms with Crippen molar-refractivity contribution in [2.75, 3.05) is 11.1 Å². The first-order valence-corrected chi connectivity index (χ1v) is 7.65. The lowest BCUT2D eigenvalue weighted by Crippen LogP contribution is -2.15. The molecule has 24 heavy (non-hydrogen) atoms. The molecule has 0 atom stereocenters. The zero-order chi connectivity index (χ0) is 17.1. The number of aryl methyl sites for hydroxylation is 1. The number of hydrogen-bond donors (Lipinski definition) is 2. The molecule has 2 aromatic heterocycles. The summed E-state index contributed by atoms with van der Waals surface area (Å²) in [5, 5.41) is 2.86. The van der Waals surface area contributed by atoms with E-state index in [0.29, 0.717) is 11.5 Å². The molecule has 0 aliphatic carbocycles. The Morgan fingerprint density at radius 2 is 1.92 bits per heavy atom. The van der Waals surface area contributed by atoms with Gasteiger partial charge in [0.25, 0.3) is 0 Å². The molecular weight excluding hydrogens is 302 g/mol. The Hall–Kier alpha value is -3.15. The monoisotopic (exact) mass is 321 g/mol. The van der Waals surface area contributed by atoms with Gasteiger partial charge in [-0.1, -0.05) is 6.07 Å². The highest BCUT2D eigenvalue weighted by molar-refractivity contribution is 5.92. The fourth-order valence-electron chi connectivity index (χ4n) is 2.43. The van der Waals surface area contributed by atoms with Crippen molar-refractivity contribution in [1.82, 2.24) is 14.5 Å². The van der Waals surface area contributed by atoms with Crippen molar-refractivity contribution in [3.63, 3.8) is 0 Å². The number of aromatic nitrogens is 3. The van der Waals surface area contributed by atoms with Crippen LogP contribution >= 0.6 is 0 Å². The van der Waals surface area contributed by atoms with E-state index >= 15 is 0 Å². The van der Waals surface area contributed by atoms with Gasteiger partial charge >= 0.3 is 0 Å². The molecule has 0 saturated heterocycles. The van der Waals surface area contributed by atoms with Crippen LogP contribution in [-0.2, 0) is 11.2 Å². The van der Waals surface area contributed by atoms with Gasteiger partial charge in [-0.25, -0.2) is 9.97 Å². The summed E-state index contributed by atoms with van der Waals surface area (Å²) in [6.45, 7) is 4.00. The molecule has 0 bridgehead atoms. The summed E-state index contributed by atoms with van der Waals surface area (Å²) in [5.41, 5.74) is 10.1. The number of carbonyl (C=O) groups excluding carboxylic acids is 1. The highest BCUT2D eigenvalue weighted by Crippen LogP contribution is 2.17. The zero-order valence-electron chi connectivity index (χ0n) is 13.7. The van der Waals surface area contributed by atoms with E-state index in [4.69, 9.17) is 5.73 Å². The van der Waals surface area contributed by atoms with E-state index in [1.54, 1.807) is 24.5 Å². The van der Waals surface area contributed by atoms with Gasteiger partial charge in [0.2, 0.25) is 5.91 Å². The average molecular weight is 321 g/mol. The normalized spacial score (nSPS) is 10.6. The molecule has 1 amide bonds. The third-order valence-corrected chi connectivity index (χ3v) is 3.85. The molecule has 6 nitrogen and oxygen atoms in total. The van der Waals surface area contributed by atoms with E-state index in [1.807, 2.05) is 42.7 Å². The van der Waals surface area contributed by atoms with Gasteiger partial charge in [-0.2, -0.15) is 0 Å². The van der Waals surface area contributed by atoms with Gasteiger partial charge in [-0.3, -0.25) is 4.79 Å². The molecule has 2 heterocycles. The number of anilines is 2. The third-order valence-electron chi connectivity index (χ3n) is 3.85. The van der Waals surface area contributed by atoms with E-state index in [2.05, 4.69) is 15.3 Å². The Labute approximate surface area is 140 Å².